The van der Waals surface area contributed by atoms with Gasteiger partial charge in [-0.25, -0.2) is 0 Å². The quantitative estimate of drug-likeness (QED) is 0.417. The van der Waals surface area contributed by atoms with E-state index in [2.05, 4.69) is 0 Å². The number of nitro groups is 1. The van der Waals surface area contributed by atoms with E-state index in [9.17, 15) is 33.3 Å². The predicted octanol–water partition coefficient (Wildman–Crippen LogP) is 4.11. The number of hydrogen-bond acceptors (Lipinski definition) is 7. The lowest BCUT2D eigenvalue weighted by Gasteiger charge is -2.29. The van der Waals surface area contributed by atoms with E-state index in [0.29, 0.717) is 5.75 Å². The maximum Gasteiger partial charge on any atom is 0.450 e. The van der Waals surface area contributed by atoms with Crippen LogP contribution in [-0.4, -0.2) is 24.0 Å². The number of benzene rings is 2. The second-order valence-electron chi connectivity index (χ2n) is 6.58. The van der Waals surface area contributed by atoms with Crippen LogP contribution in [0.1, 0.15) is 21.8 Å². The van der Waals surface area contributed by atoms with Gasteiger partial charge in [-0.05, 0) is 29.8 Å². The van der Waals surface area contributed by atoms with E-state index in [1.807, 2.05) is 0 Å². The summed E-state index contributed by atoms with van der Waals surface area (Å²) in [5.41, 5.74) is 3.52. The summed E-state index contributed by atoms with van der Waals surface area (Å²) in [6, 6.07) is 11.5. The molecule has 2 N–H and O–H groups in total. The molecular formula is C21H14F3N3O5. The van der Waals surface area contributed by atoms with Crippen molar-refractivity contribution in [2.45, 2.75) is 12.1 Å². The molecule has 0 amide bonds. The molecule has 0 aliphatic carbocycles. The second kappa shape index (κ2) is 8.43. The fourth-order valence-electron chi connectivity index (χ4n) is 3.25. The number of Topliss-reactive ketones (excluding diaryl/α,β-unsaturated/α-hetero) is 1. The molecule has 164 valence electrons. The van der Waals surface area contributed by atoms with Gasteiger partial charge in [0.1, 0.15) is 17.4 Å². The van der Waals surface area contributed by atoms with Crippen LogP contribution in [0.4, 0.5) is 18.9 Å². The highest BCUT2D eigenvalue weighted by Gasteiger charge is 2.48. The molecule has 1 aliphatic rings. The van der Waals surface area contributed by atoms with Crippen molar-refractivity contribution in [1.82, 2.24) is 0 Å². The number of nitrogens with zero attached hydrogens (tertiary/aromatic N) is 2. The third-order valence-corrected chi connectivity index (χ3v) is 4.69. The van der Waals surface area contributed by atoms with Crippen LogP contribution < -0.4 is 10.5 Å². The molecule has 3 rings (SSSR count). The molecule has 2 aromatic carbocycles. The summed E-state index contributed by atoms with van der Waals surface area (Å²) in [4.78, 5) is 23.7. The third kappa shape index (κ3) is 4.11. The first-order valence-electron chi connectivity index (χ1n) is 8.90. The number of nitro benzene ring substituents is 1. The Morgan fingerprint density at radius 1 is 1.25 bits per heavy atom. The van der Waals surface area contributed by atoms with Crippen LogP contribution in [0.15, 0.2) is 71.3 Å². The minimum atomic E-state index is -5.14. The number of hydrogen-bond donors (Lipinski definition) is 1. The van der Waals surface area contributed by atoms with Crippen molar-refractivity contribution in [2.24, 2.45) is 5.73 Å². The summed E-state index contributed by atoms with van der Waals surface area (Å²) < 4.78 is 51.3. The lowest BCUT2D eigenvalue weighted by Crippen LogP contribution is -2.31. The van der Waals surface area contributed by atoms with Gasteiger partial charge in [0.2, 0.25) is 11.6 Å². The van der Waals surface area contributed by atoms with Crippen LogP contribution in [0.2, 0.25) is 0 Å². The van der Waals surface area contributed by atoms with Crippen LogP contribution in [0, 0.1) is 21.4 Å². The van der Waals surface area contributed by atoms with Gasteiger partial charge >= 0.3 is 6.18 Å². The molecule has 1 unspecified atom stereocenters. The number of nitriles is 1. The van der Waals surface area contributed by atoms with Gasteiger partial charge < -0.3 is 15.2 Å². The first kappa shape index (κ1) is 22.4. The van der Waals surface area contributed by atoms with Gasteiger partial charge in [-0.2, -0.15) is 18.4 Å². The van der Waals surface area contributed by atoms with E-state index in [-0.39, 0.29) is 11.1 Å². The molecule has 11 heteroatoms. The van der Waals surface area contributed by atoms with Gasteiger partial charge in [0.05, 0.1) is 23.5 Å². The maximum atomic E-state index is 13.9. The molecule has 1 atom stereocenters. The summed E-state index contributed by atoms with van der Waals surface area (Å²) in [5, 5.41) is 20.7. The third-order valence-electron chi connectivity index (χ3n) is 4.69. The smallest absolute Gasteiger partial charge is 0.450 e. The highest BCUT2D eigenvalue weighted by atomic mass is 19.4. The lowest BCUT2D eigenvalue weighted by atomic mass is 9.79. The number of ether oxygens (including phenoxy) is 2. The summed E-state index contributed by atoms with van der Waals surface area (Å²) in [6.45, 7) is 0. The zero-order chi connectivity index (χ0) is 23.6. The Labute approximate surface area is 179 Å². The molecule has 0 radical (unpaired) electrons. The molecular weight excluding hydrogens is 431 g/mol. The van der Waals surface area contributed by atoms with Crippen molar-refractivity contribution >= 4 is 11.5 Å². The average Bonchev–Trinajstić information content (AvgIpc) is 2.77. The van der Waals surface area contributed by atoms with Gasteiger partial charge in [0, 0.05) is 17.7 Å². The van der Waals surface area contributed by atoms with Crippen LogP contribution in [0.3, 0.4) is 0 Å². The van der Waals surface area contributed by atoms with Crippen molar-refractivity contribution in [3.63, 3.8) is 0 Å². The number of allylic oxidation sites excluding steroid dienone is 3. The van der Waals surface area contributed by atoms with Crippen LogP contribution in [0.5, 0.6) is 5.75 Å². The number of non-ortho nitro benzene ring substituents is 1. The second-order valence-corrected chi connectivity index (χ2v) is 6.58. The number of carbonyl (C=O) groups is 1. The number of carbonyl (C=O) groups excluding carboxylic acids is 1. The topological polar surface area (TPSA) is 128 Å². The number of halogens is 3. The molecule has 0 spiro atoms. The van der Waals surface area contributed by atoms with Crippen LogP contribution in [0.25, 0.3) is 0 Å². The van der Waals surface area contributed by atoms with E-state index < -0.39 is 51.3 Å². The van der Waals surface area contributed by atoms with Gasteiger partial charge in [0.15, 0.2) is 5.78 Å². The number of rotatable bonds is 5. The Hall–Kier alpha value is -4.33. The minimum absolute atomic E-state index is 0.0967. The molecule has 0 aromatic heterocycles. The Balaban J connectivity index is 2.29. The summed E-state index contributed by atoms with van der Waals surface area (Å²) in [5.74, 6) is -4.89. The number of methoxy groups -OCH3 is 1. The van der Waals surface area contributed by atoms with Crippen molar-refractivity contribution in [2.75, 3.05) is 7.11 Å². The Kier molecular flexibility index (Phi) is 5.89. The predicted molar refractivity (Wildman–Crippen MR) is 104 cm³/mol. The monoisotopic (exact) mass is 445 g/mol. The molecule has 2 aromatic rings. The SMILES string of the molecule is COc1ccc(C(=O)C2=C(C(F)(F)F)OC(N)=C(C#N)C2c2cccc([N+](=O)[O-])c2)cc1. The van der Waals surface area contributed by atoms with E-state index in [1.54, 1.807) is 6.07 Å². The molecule has 8 nitrogen and oxygen atoms in total. The van der Waals surface area contributed by atoms with E-state index in [0.717, 1.165) is 12.1 Å². The number of alkyl halides is 3. The van der Waals surface area contributed by atoms with E-state index >= 15 is 0 Å². The van der Waals surface area contributed by atoms with Crippen molar-refractivity contribution < 1.29 is 32.4 Å². The maximum absolute atomic E-state index is 13.9. The van der Waals surface area contributed by atoms with E-state index in [1.165, 1.54) is 43.5 Å². The van der Waals surface area contributed by atoms with Crippen molar-refractivity contribution in [1.29, 1.82) is 5.26 Å². The van der Waals surface area contributed by atoms with Gasteiger partial charge in [-0.15, -0.1) is 0 Å². The number of nitrogens with two attached hydrogens (primary N) is 1. The van der Waals surface area contributed by atoms with Crippen LogP contribution in [-0.2, 0) is 4.74 Å². The zero-order valence-corrected chi connectivity index (χ0v) is 16.3. The van der Waals surface area contributed by atoms with Crippen LogP contribution >= 0.6 is 0 Å². The molecule has 0 bridgehead atoms. The molecule has 32 heavy (non-hydrogen) atoms. The van der Waals surface area contributed by atoms with E-state index in [4.69, 9.17) is 15.2 Å². The Bertz CT molecular complexity index is 1190. The largest absolute Gasteiger partial charge is 0.497 e. The highest BCUT2D eigenvalue weighted by molar-refractivity contribution is 6.11. The van der Waals surface area contributed by atoms with Gasteiger partial charge in [0.25, 0.3) is 5.69 Å². The fourth-order valence-corrected chi connectivity index (χ4v) is 3.25. The first-order chi connectivity index (χ1) is 15.1. The van der Waals surface area contributed by atoms with Gasteiger partial charge in [-0.3, -0.25) is 14.9 Å². The molecule has 0 fully saturated rings. The summed E-state index contributed by atoms with van der Waals surface area (Å²) >= 11 is 0. The Morgan fingerprint density at radius 3 is 2.44 bits per heavy atom. The van der Waals surface area contributed by atoms with Crippen molar-refractivity contribution in [3.8, 4) is 11.8 Å². The molecule has 1 aliphatic heterocycles. The van der Waals surface area contributed by atoms with Gasteiger partial charge in [-0.1, -0.05) is 12.1 Å². The lowest BCUT2D eigenvalue weighted by molar-refractivity contribution is -0.384. The number of ketones is 1. The standard InChI is InChI=1S/C21H14F3N3O5/c1-31-14-7-5-11(6-8-14)18(28)17-16(12-3-2-4-13(9-12)27(29)30)15(10-25)20(26)32-19(17)21(22,23)24/h2-9,16H,26H2,1H3. The molecule has 0 saturated heterocycles. The minimum Gasteiger partial charge on any atom is -0.497 e. The average molecular weight is 445 g/mol. The zero-order valence-electron chi connectivity index (χ0n) is 16.3. The molecule has 1 heterocycles. The first-order valence-corrected chi connectivity index (χ1v) is 8.90. The summed E-state index contributed by atoms with van der Waals surface area (Å²) in [6.07, 6.45) is -5.14. The summed E-state index contributed by atoms with van der Waals surface area (Å²) in [7, 11) is 1.38. The van der Waals surface area contributed by atoms with Crippen molar-refractivity contribution in [3.05, 3.63) is 92.6 Å². The normalized spacial score (nSPS) is 16.3. The molecule has 0 saturated carbocycles. The Morgan fingerprint density at radius 2 is 1.91 bits per heavy atom. The fraction of sp³-hybridized carbons (Fsp3) is 0.143. The highest BCUT2D eigenvalue weighted by Crippen LogP contribution is 2.45.